The molecule has 7 heteroatoms. The van der Waals surface area contributed by atoms with Crippen molar-refractivity contribution in [2.45, 2.75) is 25.3 Å². The Morgan fingerprint density at radius 2 is 2.24 bits per heavy atom. The normalized spacial score (nSPS) is 17.5. The molecule has 1 fully saturated rings. The van der Waals surface area contributed by atoms with Crippen molar-refractivity contribution in [2.75, 3.05) is 19.6 Å². The maximum Gasteiger partial charge on any atom is 0.272 e. The van der Waals surface area contributed by atoms with E-state index in [1.807, 2.05) is 0 Å². The van der Waals surface area contributed by atoms with Gasteiger partial charge < -0.3 is 5.32 Å². The maximum absolute atomic E-state index is 12.0. The van der Waals surface area contributed by atoms with E-state index in [2.05, 4.69) is 37.3 Å². The van der Waals surface area contributed by atoms with E-state index in [4.69, 9.17) is 0 Å². The van der Waals surface area contributed by atoms with Crippen molar-refractivity contribution >= 4 is 28.8 Å². The third-order valence-electron chi connectivity index (χ3n) is 3.75. The van der Waals surface area contributed by atoms with Crippen LogP contribution in [0.25, 0.3) is 0 Å². The second kappa shape index (κ2) is 7.11. The van der Waals surface area contributed by atoms with Gasteiger partial charge in [0, 0.05) is 16.8 Å². The lowest BCUT2D eigenvalue weighted by atomic mass is 10.1. The van der Waals surface area contributed by atoms with Gasteiger partial charge in [0.2, 0.25) is 0 Å². The number of thiophene rings is 1. The zero-order valence-electron chi connectivity index (χ0n) is 11.7. The number of hydrogen-bond acceptors (Lipinski definition) is 6. The molecule has 1 amide bonds. The molecular formula is C14H18N4OS2. The molecule has 1 N–H and O–H groups in total. The summed E-state index contributed by atoms with van der Waals surface area (Å²) in [5.74, 6) is -0.137. The van der Waals surface area contributed by atoms with Crippen molar-refractivity contribution in [3.8, 4) is 0 Å². The zero-order valence-corrected chi connectivity index (χ0v) is 13.3. The van der Waals surface area contributed by atoms with Gasteiger partial charge in [-0.3, -0.25) is 9.69 Å². The molecule has 21 heavy (non-hydrogen) atoms. The monoisotopic (exact) mass is 322 g/mol. The third kappa shape index (κ3) is 3.66. The van der Waals surface area contributed by atoms with Crippen LogP contribution >= 0.6 is 22.9 Å². The lowest BCUT2D eigenvalue weighted by molar-refractivity contribution is 0.0920. The summed E-state index contributed by atoms with van der Waals surface area (Å²) in [7, 11) is 0. The zero-order chi connectivity index (χ0) is 14.5. The molecule has 0 spiro atoms. The Labute approximate surface area is 132 Å². The molecular weight excluding hydrogens is 304 g/mol. The van der Waals surface area contributed by atoms with Gasteiger partial charge in [0.15, 0.2) is 5.69 Å². The first kappa shape index (κ1) is 14.6. The quantitative estimate of drug-likeness (QED) is 0.919. The van der Waals surface area contributed by atoms with Gasteiger partial charge >= 0.3 is 0 Å². The number of piperidine rings is 1. The van der Waals surface area contributed by atoms with Crippen LogP contribution in [0.15, 0.2) is 22.9 Å². The van der Waals surface area contributed by atoms with Crippen molar-refractivity contribution in [2.24, 2.45) is 0 Å². The summed E-state index contributed by atoms with van der Waals surface area (Å²) in [4.78, 5) is 15.8. The van der Waals surface area contributed by atoms with Gasteiger partial charge in [-0.05, 0) is 48.9 Å². The first-order valence-electron chi connectivity index (χ1n) is 7.17. The Bertz CT molecular complexity index is 550. The molecule has 3 heterocycles. The summed E-state index contributed by atoms with van der Waals surface area (Å²) in [5.41, 5.74) is 0.406. The summed E-state index contributed by atoms with van der Waals surface area (Å²) < 4.78 is 3.73. The van der Waals surface area contributed by atoms with Crippen LogP contribution in [0.3, 0.4) is 0 Å². The molecule has 112 valence electrons. The molecule has 1 aliphatic heterocycles. The van der Waals surface area contributed by atoms with E-state index >= 15 is 0 Å². The number of nitrogens with one attached hydrogen (secondary N) is 1. The molecule has 1 atom stereocenters. The SMILES string of the molecule is O=C(NC[C@H](c1cccs1)N1CCCCC1)c1csnn1. The molecule has 1 saturated heterocycles. The fourth-order valence-corrected chi connectivity index (χ4v) is 3.96. The molecule has 2 aromatic rings. The molecule has 0 saturated carbocycles. The number of carbonyl (C=O) groups is 1. The average Bonchev–Trinajstić information content (AvgIpc) is 3.22. The van der Waals surface area contributed by atoms with Crippen LogP contribution in [0.2, 0.25) is 0 Å². The van der Waals surface area contributed by atoms with E-state index in [9.17, 15) is 4.79 Å². The number of rotatable bonds is 5. The summed E-state index contributed by atoms with van der Waals surface area (Å²) >= 11 is 2.95. The topological polar surface area (TPSA) is 58.1 Å². The maximum atomic E-state index is 12.0. The Morgan fingerprint density at radius 3 is 2.90 bits per heavy atom. The lowest BCUT2D eigenvalue weighted by Gasteiger charge is -2.34. The highest BCUT2D eigenvalue weighted by molar-refractivity contribution is 7.10. The average molecular weight is 322 g/mol. The predicted molar refractivity (Wildman–Crippen MR) is 84.7 cm³/mol. The Balaban J connectivity index is 1.66. The van der Waals surface area contributed by atoms with Gasteiger partial charge in [0.25, 0.3) is 5.91 Å². The van der Waals surface area contributed by atoms with Crippen molar-refractivity contribution in [3.05, 3.63) is 33.5 Å². The van der Waals surface area contributed by atoms with Crippen molar-refractivity contribution in [1.82, 2.24) is 19.8 Å². The molecule has 0 radical (unpaired) electrons. The van der Waals surface area contributed by atoms with Gasteiger partial charge in [-0.15, -0.1) is 16.4 Å². The Hall–Kier alpha value is -1.31. The minimum absolute atomic E-state index is 0.137. The van der Waals surface area contributed by atoms with Crippen LogP contribution in [0.1, 0.15) is 40.7 Å². The van der Waals surface area contributed by atoms with E-state index in [0.717, 1.165) is 13.1 Å². The highest BCUT2D eigenvalue weighted by Crippen LogP contribution is 2.27. The van der Waals surface area contributed by atoms with Crippen LogP contribution < -0.4 is 5.32 Å². The van der Waals surface area contributed by atoms with E-state index < -0.39 is 0 Å². The smallest absolute Gasteiger partial charge is 0.272 e. The lowest BCUT2D eigenvalue weighted by Crippen LogP contribution is -2.40. The van der Waals surface area contributed by atoms with Gasteiger partial charge in [-0.1, -0.05) is 17.0 Å². The number of carbonyl (C=O) groups excluding carboxylic acids is 1. The third-order valence-corrected chi connectivity index (χ3v) is 5.23. The fourth-order valence-electron chi connectivity index (χ4n) is 2.66. The first-order chi connectivity index (χ1) is 10.3. The Kier molecular flexibility index (Phi) is 4.95. The molecule has 0 aromatic carbocycles. The fraction of sp³-hybridized carbons (Fsp3) is 0.500. The standard InChI is InChI=1S/C14H18N4OS2/c19-14(11-10-21-17-16-11)15-9-12(13-5-4-8-20-13)18-6-2-1-3-7-18/h4-5,8,10,12H,1-3,6-7,9H2,(H,15,19)/t12-/m1/s1. The Morgan fingerprint density at radius 1 is 1.38 bits per heavy atom. The molecule has 3 rings (SSSR count). The van der Waals surface area contributed by atoms with Crippen molar-refractivity contribution in [1.29, 1.82) is 0 Å². The second-order valence-corrected chi connectivity index (χ2v) is 6.72. The van der Waals surface area contributed by atoms with Gasteiger partial charge in [-0.25, -0.2) is 0 Å². The highest BCUT2D eigenvalue weighted by atomic mass is 32.1. The summed E-state index contributed by atoms with van der Waals surface area (Å²) in [6.45, 7) is 2.84. The van der Waals surface area contributed by atoms with Crippen LogP contribution in [-0.4, -0.2) is 40.0 Å². The van der Waals surface area contributed by atoms with Gasteiger partial charge in [0.05, 0.1) is 6.04 Å². The van der Waals surface area contributed by atoms with Crippen LogP contribution in [0.5, 0.6) is 0 Å². The number of nitrogens with zero attached hydrogens (tertiary/aromatic N) is 3. The highest BCUT2D eigenvalue weighted by Gasteiger charge is 2.24. The van der Waals surface area contributed by atoms with Crippen molar-refractivity contribution < 1.29 is 4.79 Å². The summed E-state index contributed by atoms with van der Waals surface area (Å²) in [6.07, 6.45) is 3.79. The van der Waals surface area contributed by atoms with E-state index in [1.54, 1.807) is 16.7 Å². The minimum Gasteiger partial charge on any atom is -0.349 e. The number of amides is 1. The van der Waals surface area contributed by atoms with E-state index in [1.165, 1.54) is 35.7 Å². The van der Waals surface area contributed by atoms with Crippen LogP contribution in [0, 0.1) is 0 Å². The first-order valence-corrected chi connectivity index (χ1v) is 8.89. The molecule has 0 unspecified atom stereocenters. The van der Waals surface area contributed by atoms with Gasteiger partial charge in [-0.2, -0.15) is 0 Å². The number of likely N-dealkylation sites (tertiary alicyclic amines) is 1. The predicted octanol–water partition coefficient (Wildman–Crippen LogP) is 2.56. The molecule has 0 aliphatic carbocycles. The molecule has 2 aromatic heterocycles. The van der Waals surface area contributed by atoms with Gasteiger partial charge in [0.1, 0.15) is 0 Å². The van der Waals surface area contributed by atoms with Crippen molar-refractivity contribution in [3.63, 3.8) is 0 Å². The number of aromatic nitrogens is 2. The summed E-state index contributed by atoms with van der Waals surface area (Å²) in [5, 5.41) is 10.6. The van der Waals surface area contributed by atoms with E-state index in [-0.39, 0.29) is 11.9 Å². The largest absolute Gasteiger partial charge is 0.349 e. The molecule has 1 aliphatic rings. The summed E-state index contributed by atoms with van der Waals surface area (Å²) in [6, 6.07) is 4.49. The second-order valence-electron chi connectivity index (χ2n) is 5.13. The molecule has 0 bridgehead atoms. The minimum atomic E-state index is -0.137. The van der Waals surface area contributed by atoms with Crippen LogP contribution in [0.4, 0.5) is 0 Å². The number of hydrogen-bond donors (Lipinski definition) is 1. The van der Waals surface area contributed by atoms with E-state index in [0.29, 0.717) is 12.2 Å². The van der Waals surface area contributed by atoms with Crippen LogP contribution in [-0.2, 0) is 0 Å². The molecule has 5 nitrogen and oxygen atoms in total.